The number of hydrogen-bond acceptors (Lipinski definition) is 3. The van der Waals surface area contributed by atoms with Crippen LogP contribution in [0.2, 0.25) is 0 Å². The average Bonchev–Trinajstić information content (AvgIpc) is 3.18. The molecular weight excluding hydrogens is 450 g/mol. The van der Waals surface area contributed by atoms with Gasteiger partial charge in [-0.3, -0.25) is 4.99 Å². The molecule has 0 saturated heterocycles. The summed E-state index contributed by atoms with van der Waals surface area (Å²) in [6.45, 7) is 0.651. The van der Waals surface area contributed by atoms with Crippen LogP contribution in [0.3, 0.4) is 0 Å². The molecule has 2 N–H and O–H groups in total. The number of fused-ring (bicyclic) bond motifs is 1. The van der Waals surface area contributed by atoms with Crippen LogP contribution >= 0.6 is 24.0 Å². The van der Waals surface area contributed by atoms with Crippen LogP contribution in [0.5, 0.6) is 11.5 Å². The highest BCUT2D eigenvalue weighted by Crippen LogP contribution is 2.49. The van der Waals surface area contributed by atoms with Crippen molar-refractivity contribution in [3.63, 3.8) is 0 Å². The molecule has 0 bridgehead atoms. The normalized spacial score (nSPS) is 17.7. The molecule has 1 aromatic carbocycles. The van der Waals surface area contributed by atoms with Gasteiger partial charge < -0.3 is 20.1 Å². The number of nitrogens with zero attached hydrogens (tertiary/aromatic N) is 1. The van der Waals surface area contributed by atoms with Crippen LogP contribution in [-0.4, -0.2) is 39.1 Å². The number of guanidine groups is 1. The first-order valence-electron chi connectivity index (χ1n) is 7.83. The number of hydrogen-bond donors (Lipinski definition) is 2. The topological polar surface area (TPSA) is 54.9 Å². The first-order valence-corrected chi connectivity index (χ1v) is 7.83. The predicted octanol–water partition coefficient (Wildman–Crippen LogP) is 3.18. The van der Waals surface area contributed by atoms with Gasteiger partial charge in [0.15, 0.2) is 17.5 Å². The Bertz CT molecular complexity index is 634. The molecule has 9 heteroatoms. The van der Waals surface area contributed by atoms with Gasteiger partial charge in [0.2, 0.25) is 6.79 Å². The highest BCUT2D eigenvalue weighted by molar-refractivity contribution is 14.0. The molecule has 5 nitrogen and oxygen atoms in total. The summed E-state index contributed by atoms with van der Waals surface area (Å²) in [5.74, 6) is 1.87. The van der Waals surface area contributed by atoms with E-state index in [4.69, 9.17) is 9.47 Å². The summed E-state index contributed by atoms with van der Waals surface area (Å²) in [6, 6.07) is 5.90. The lowest BCUT2D eigenvalue weighted by molar-refractivity contribution is -0.132. The summed E-state index contributed by atoms with van der Waals surface area (Å²) in [5.41, 5.74) is 1.12. The van der Waals surface area contributed by atoms with Crippen molar-refractivity contribution < 1.29 is 22.6 Å². The fourth-order valence-corrected chi connectivity index (χ4v) is 2.74. The molecule has 1 aromatic rings. The van der Waals surface area contributed by atoms with Crippen LogP contribution in [0.25, 0.3) is 0 Å². The van der Waals surface area contributed by atoms with Crippen molar-refractivity contribution in [3.05, 3.63) is 23.8 Å². The van der Waals surface area contributed by atoms with Crippen LogP contribution in [-0.2, 0) is 5.41 Å². The molecule has 25 heavy (non-hydrogen) atoms. The molecule has 1 aliphatic carbocycles. The maximum Gasteiger partial charge on any atom is 0.390 e. The predicted molar refractivity (Wildman–Crippen MR) is 98.9 cm³/mol. The second-order valence-corrected chi connectivity index (χ2v) is 6.07. The highest BCUT2D eigenvalue weighted by atomic mass is 127. The molecule has 0 atom stereocenters. The van der Waals surface area contributed by atoms with Crippen LogP contribution in [0, 0.1) is 0 Å². The molecule has 1 aliphatic heterocycles. The molecule has 2 aliphatic rings. The van der Waals surface area contributed by atoms with Gasteiger partial charge in [-0.1, -0.05) is 6.07 Å². The van der Waals surface area contributed by atoms with E-state index < -0.39 is 12.6 Å². The zero-order chi connectivity index (χ0) is 17.2. The van der Waals surface area contributed by atoms with Crippen LogP contribution in [0.4, 0.5) is 13.2 Å². The second kappa shape index (κ2) is 7.88. The van der Waals surface area contributed by atoms with Crippen molar-refractivity contribution >= 4 is 29.9 Å². The summed E-state index contributed by atoms with van der Waals surface area (Å²) in [7, 11) is 1.54. The lowest BCUT2D eigenvalue weighted by atomic mass is 9.95. The van der Waals surface area contributed by atoms with E-state index in [1.807, 2.05) is 18.2 Å². The molecule has 140 valence electrons. The number of ether oxygens (including phenoxy) is 2. The molecule has 0 aromatic heterocycles. The number of halogens is 4. The Hall–Kier alpha value is -1.39. The number of aliphatic imine (C=N–C) groups is 1. The quantitative estimate of drug-likeness (QED) is 0.394. The van der Waals surface area contributed by atoms with Gasteiger partial charge in [-0.05, 0) is 30.5 Å². The minimum atomic E-state index is -4.17. The lowest BCUT2D eigenvalue weighted by Crippen LogP contribution is -2.42. The van der Waals surface area contributed by atoms with Gasteiger partial charge in [-0.25, -0.2) is 0 Å². The maximum atomic E-state index is 12.2. The van der Waals surface area contributed by atoms with Crippen molar-refractivity contribution in [2.24, 2.45) is 4.99 Å². The van der Waals surface area contributed by atoms with Crippen molar-refractivity contribution in [1.29, 1.82) is 0 Å². The van der Waals surface area contributed by atoms with E-state index in [9.17, 15) is 13.2 Å². The molecule has 0 radical (unpaired) electrons. The Morgan fingerprint density at radius 3 is 2.56 bits per heavy atom. The van der Waals surface area contributed by atoms with Crippen molar-refractivity contribution in [2.45, 2.75) is 30.9 Å². The van der Waals surface area contributed by atoms with Gasteiger partial charge in [0.1, 0.15) is 0 Å². The molecule has 3 rings (SSSR count). The standard InChI is InChI=1S/C16H20F3N3O2.HI/c1-20-14(21-7-6-16(17,18)19)22-9-15(4-5-15)11-2-3-12-13(8-11)24-10-23-12;/h2-3,8H,4-7,9-10H2,1H3,(H2,20,21,22);1H. The summed E-state index contributed by atoms with van der Waals surface area (Å²) < 4.78 is 47.3. The lowest BCUT2D eigenvalue weighted by Gasteiger charge is -2.19. The number of nitrogens with one attached hydrogen (secondary N) is 2. The van der Waals surface area contributed by atoms with E-state index in [0.29, 0.717) is 12.5 Å². The van der Waals surface area contributed by atoms with Crippen molar-refractivity contribution in [2.75, 3.05) is 26.9 Å². The largest absolute Gasteiger partial charge is 0.454 e. The average molecular weight is 471 g/mol. The number of rotatable bonds is 5. The Balaban J connectivity index is 0.00000225. The molecule has 0 spiro atoms. The molecule has 0 amide bonds. The van der Waals surface area contributed by atoms with Crippen LogP contribution in [0.15, 0.2) is 23.2 Å². The van der Waals surface area contributed by atoms with E-state index in [0.717, 1.165) is 29.9 Å². The summed E-state index contributed by atoms with van der Waals surface area (Å²) in [4.78, 5) is 3.97. The minimum absolute atomic E-state index is 0. The Morgan fingerprint density at radius 2 is 1.92 bits per heavy atom. The summed E-state index contributed by atoms with van der Waals surface area (Å²) in [6.07, 6.45) is -3.03. The molecule has 1 saturated carbocycles. The summed E-state index contributed by atoms with van der Waals surface area (Å²) >= 11 is 0. The van der Waals surface area contributed by atoms with Gasteiger partial charge in [0.05, 0.1) is 6.42 Å². The fourth-order valence-electron chi connectivity index (χ4n) is 2.74. The number of alkyl halides is 3. The third kappa shape index (κ3) is 5.05. The third-order valence-electron chi connectivity index (χ3n) is 4.36. The Kier molecular flexibility index (Phi) is 6.28. The fraction of sp³-hybridized carbons (Fsp3) is 0.562. The zero-order valence-electron chi connectivity index (χ0n) is 13.8. The number of benzene rings is 1. The molecule has 0 unspecified atom stereocenters. The van der Waals surface area contributed by atoms with Gasteiger partial charge in [0, 0.05) is 25.6 Å². The van der Waals surface area contributed by atoms with Gasteiger partial charge in [-0.2, -0.15) is 13.2 Å². The van der Waals surface area contributed by atoms with E-state index in [1.165, 1.54) is 0 Å². The summed E-state index contributed by atoms with van der Waals surface area (Å²) in [5, 5.41) is 5.82. The van der Waals surface area contributed by atoms with Crippen LogP contribution < -0.4 is 20.1 Å². The molecule has 1 heterocycles. The van der Waals surface area contributed by atoms with Gasteiger partial charge >= 0.3 is 6.18 Å². The van der Waals surface area contributed by atoms with Crippen molar-refractivity contribution in [3.8, 4) is 11.5 Å². The molecule has 1 fully saturated rings. The highest BCUT2D eigenvalue weighted by Gasteiger charge is 2.44. The first-order chi connectivity index (χ1) is 11.4. The monoisotopic (exact) mass is 471 g/mol. The SMILES string of the molecule is CN=C(NCCC(F)(F)F)NCC1(c2ccc3c(c2)OCO3)CC1.I. The van der Waals surface area contributed by atoms with E-state index in [1.54, 1.807) is 7.05 Å². The van der Waals surface area contributed by atoms with E-state index >= 15 is 0 Å². The maximum absolute atomic E-state index is 12.2. The van der Waals surface area contributed by atoms with Crippen LogP contribution in [0.1, 0.15) is 24.8 Å². The Labute approximate surface area is 161 Å². The van der Waals surface area contributed by atoms with Gasteiger partial charge in [-0.15, -0.1) is 24.0 Å². The van der Waals surface area contributed by atoms with E-state index in [-0.39, 0.29) is 42.7 Å². The Morgan fingerprint density at radius 1 is 1.20 bits per heavy atom. The zero-order valence-corrected chi connectivity index (χ0v) is 16.1. The van der Waals surface area contributed by atoms with E-state index in [2.05, 4.69) is 15.6 Å². The third-order valence-corrected chi connectivity index (χ3v) is 4.36. The second-order valence-electron chi connectivity index (χ2n) is 6.07. The minimum Gasteiger partial charge on any atom is -0.454 e. The van der Waals surface area contributed by atoms with Gasteiger partial charge in [0.25, 0.3) is 0 Å². The smallest absolute Gasteiger partial charge is 0.390 e. The first kappa shape index (κ1) is 19.9. The molecular formula is C16H21F3IN3O2. The van der Waals surface area contributed by atoms with Crippen molar-refractivity contribution in [1.82, 2.24) is 10.6 Å².